The molecule has 2 aromatic heterocycles. The van der Waals surface area contributed by atoms with Crippen LogP contribution in [0.15, 0.2) is 9.59 Å². The van der Waals surface area contributed by atoms with Crippen molar-refractivity contribution in [1.82, 2.24) is 19.1 Å². The van der Waals surface area contributed by atoms with E-state index in [1.54, 1.807) is 11.6 Å². The average Bonchev–Trinajstić information content (AvgIpc) is 2.73. The van der Waals surface area contributed by atoms with Gasteiger partial charge in [0.15, 0.2) is 11.2 Å². The molecule has 2 heterocycles. The van der Waals surface area contributed by atoms with Crippen LogP contribution in [-0.4, -0.2) is 32.2 Å². The smallest absolute Gasteiger partial charge is 0.330 e. The molecule has 0 spiro atoms. The predicted molar refractivity (Wildman–Crippen MR) is 78.1 cm³/mol. The Labute approximate surface area is 115 Å². The van der Waals surface area contributed by atoms with Gasteiger partial charge >= 0.3 is 5.69 Å². The minimum absolute atomic E-state index is 0.0425. The predicted octanol–water partition coefficient (Wildman–Crippen LogP) is -0.235. The third-order valence-electron chi connectivity index (χ3n) is 3.42. The van der Waals surface area contributed by atoms with Crippen LogP contribution < -0.4 is 22.3 Å². The minimum atomic E-state index is -0.430. The minimum Gasteiger partial charge on any atom is -0.354 e. The average molecular weight is 280 g/mol. The van der Waals surface area contributed by atoms with E-state index in [1.807, 2.05) is 13.8 Å². The summed E-state index contributed by atoms with van der Waals surface area (Å²) >= 11 is 0. The summed E-state index contributed by atoms with van der Waals surface area (Å²) in [5, 5.41) is 3.04. The lowest BCUT2D eigenvalue weighted by molar-refractivity contribution is 0.517. The van der Waals surface area contributed by atoms with Crippen molar-refractivity contribution < 1.29 is 0 Å². The largest absolute Gasteiger partial charge is 0.354 e. The van der Waals surface area contributed by atoms with Gasteiger partial charge in [-0.1, -0.05) is 6.92 Å². The van der Waals surface area contributed by atoms with E-state index >= 15 is 0 Å². The summed E-state index contributed by atoms with van der Waals surface area (Å²) < 4.78 is 3.16. The van der Waals surface area contributed by atoms with E-state index in [1.165, 1.54) is 4.57 Å². The number of rotatable bonds is 5. The highest BCUT2D eigenvalue weighted by molar-refractivity contribution is 5.74. The number of hydrogen-bond donors (Lipinski definition) is 3. The first-order valence-corrected chi connectivity index (χ1v) is 6.66. The van der Waals surface area contributed by atoms with Gasteiger partial charge in [0, 0.05) is 26.2 Å². The lowest BCUT2D eigenvalue weighted by Crippen LogP contribution is -2.32. The molecule has 2 rings (SSSR count). The number of aryl methyl sites for hydroxylation is 1. The standard InChI is InChI=1S/C12H20N6O2/c1-4-7(2)18-9-8(10(19)16-12(18)20)17(3)11(15-9)14-6-5-13/h7H,4-6,13H2,1-3H3,(H,14,15)(H,16,19,20). The van der Waals surface area contributed by atoms with Crippen LogP contribution in [0.4, 0.5) is 5.95 Å². The van der Waals surface area contributed by atoms with Gasteiger partial charge in [-0.3, -0.25) is 14.3 Å². The molecule has 20 heavy (non-hydrogen) atoms. The number of imidazole rings is 1. The molecule has 0 aliphatic rings. The van der Waals surface area contributed by atoms with Crippen LogP contribution >= 0.6 is 0 Å². The molecule has 0 saturated carbocycles. The maximum atomic E-state index is 12.0. The second kappa shape index (κ2) is 5.49. The Kier molecular flexibility index (Phi) is 3.93. The van der Waals surface area contributed by atoms with Crippen LogP contribution in [0.3, 0.4) is 0 Å². The van der Waals surface area contributed by atoms with E-state index in [-0.39, 0.29) is 6.04 Å². The summed E-state index contributed by atoms with van der Waals surface area (Å²) in [6, 6.07) is -0.0425. The molecule has 4 N–H and O–H groups in total. The van der Waals surface area contributed by atoms with Crippen LogP contribution in [0.1, 0.15) is 26.3 Å². The number of aromatic nitrogens is 4. The summed E-state index contributed by atoms with van der Waals surface area (Å²) in [6.07, 6.45) is 0.767. The van der Waals surface area contributed by atoms with Gasteiger partial charge in [0.2, 0.25) is 5.95 Å². The maximum absolute atomic E-state index is 12.0. The van der Waals surface area contributed by atoms with Gasteiger partial charge in [-0.15, -0.1) is 0 Å². The van der Waals surface area contributed by atoms with E-state index in [2.05, 4.69) is 15.3 Å². The number of nitrogens with zero attached hydrogens (tertiary/aromatic N) is 3. The van der Waals surface area contributed by atoms with Crippen molar-refractivity contribution in [3.8, 4) is 0 Å². The normalized spacial score (nSPS) is 12.8. The number of aromatic amines is 1. The molecule has 1 atom stereocenters. The lowest BCUT2D eigenvalue weighted by Gasteiger charge is -2.12. The maximum Gasteiger partial charge on any atom is 0.330 e. The van der Waals surface area contributed by atoms with Gasteiger partial charge in [0.25, 0.3) is 5.56 Å². The van der Waals surface area contributed by atoms with Crippen molar-refractivity contribution in [2.45, 2.75) is 26.3 Å². The summed E-state index contributed by atoms with van der Waals surface area (Å²) in [5.74, 6) is 0.526. The molecule has 8 heteroatoms. The monoisotopic (exact) mass is 280 g/mol. The Morgan fingerprint density at radius 2 is 2.15 bits per heavy atom. The van der Waals surface area contributed by atoms with Gasteiger partial charge in [-0.25, -0.2) is 4.79 Å². The Morgan fingerprint density at radius 1 is 1.45 bits per heavy atom. The summed E-state index contributed by atoms with van der Waals surface area (Å²) in [6.45, 7) is 4.89. The fourth-order valence-corrected chi connectivity index (χ4v) is 2.15. The zero-order valence-corrected chi connectivity index (χ0v) is 11.9. The van der Waals surface area contributed by atoms with Crippen molar-refractivity contribution in [3.05, 3.63) is 20.8 Å². The van der Waals surface area contributed by atoms with E-state index in [0.29, 0.717) is 30.2 Å². The number of hydrogen-bond acceptors (Lipinski definition) is 5. The highest BCUT2D eigenvalue weighted by Crippen LogP contribution is 2.17. The molecule has 0 aromatic carbocycles. The highest BCUT2D eigenvalue weighted by Gasteiger charge is 2.18. The number of fused-ring (bicyclic) bond motifs is 1. The van der Waals surface area contributed by atoms with Gasteiger partial charge in [-0.05, 0) is 13.3 Å². The zero-order chi connectivity index (χ0) is 14.9. The molecular formula is C12H20N6O2. The molecule has 2 aromatic rings. The fourth-order valence-electron chi connectivity index (χ4n) is 2.15. The van der Waals surface area contributed by atoms with E-state index in [9.17, 15) is 9.59 Å². The van der Waals surface area contributed by atoms with Crippen LogP contribution in [0, 0.1) is 0 Å². The summed E-state index contributed by atoms with van der Waals surface area (Å²) in [5.41, 5.74) is 5.37. The second-order valence-electron chi connectivity index (χ2n) is 4.77. The van der Waals surface area contributed by atoms with Crippen molar-refractivity contribution in [2.24, 2.45) is 12.8 Å². The molecule has 1 unspecified atom stereocenters. The van der Waals surface area contributed by atoms with Gasteiger partial charge in [-0.2, -0.15) is 4.98 Å². The van der Waals surface area contributed by atoms with Gasteiger partial charge in [0.1, 0.15) is 0 Å². The number of H-pyrrole nitrogens is 1. The molecule has 0 amide bonds. The fraction of sp³-hybridized carbons (Fsp3) is 0.583. The summed E-state index contributed by atoms with van der Waals surface area (Å²) in [4.78, 5) is 30.7. The molecule has 0 fully saturated rings. The second-order valence-corrected chi connectivity index (χ2v) is 4.77. The summed E-state index contributed by atoms with van der Waals surface area (Å²) in [7, 11) is 1.73. The first-order chi connectivity index (χ1) is 9.51. The number of nitrogens with two attached hydrogens (primary N) is 1. The van der Waals surface area contributed by atoms with Crippen LogP contribution in [0.5, 0.6) is 0 Å². The molecule has 0 saturated heterocycles. The number of anilines is 1. The molecule has 0 bridgehead atoms. The first kappa shape index (κ1) is 14.3. The zero-order valence-electron chi connectivity index (χ0n) is 11.9. The van der Waals surface area contributed by atoms with E-state index < -0.39 is 11.2 Å². The van der Waals surface area contributed by atoms with Crippen LogP contribution in [0.2, 0.25) is 0 Å². The number of nitrogens with one attached hydrogen (secondary N) is 2. The van der Waals surface area contributed by atoms with Crippen molar-refractivity contribution in [1.29, 1.82) is 0 Å². The van der Waals surface area contributed by atoms with Crippen LogP contribution in [0.25, 0.3) is 11.2 Å². The molecule has 110 valence electrons. The molecule has 8 nitrogen and oxygen atoms in total. The topological polar surface area (TPSA) is 111 Å². The quantitative estimate of drug-likeness (QED) is 0.700. The van der Waals surface area contributed by atoms with Crippen molar-refractivity contribution >= 4 is 17.1 Å². The Balaban J connectivity index is 2.75. The first-order valence-electron chi connectivity index (χ1n) is 6.66. The highest BCUT2D eigenvalue weighted by atomic mass is 16.2. The molecule has 0 radical (unpaired) electrons. The third kappa shape index (κ3) is 2.22. The lowest BCUT2D eigenvalue weighted by atomic mass is 10.2. The molecule has 0 aliphatic carbocycles. The molecular weight excluding hydrogens is 260 g/mol. The van der Waals surface area contributed by atoms with Gasteiger partial charge in [0.05, 0.1) is 0 Å². The van der Waals surface area contributed by atoms with Crippen LogP contribution in [-0.2, 0) is 7.05 Å². The van der Waals surface area contributed by atoms with E-state index in [0.717, 1.165) is 6.42 Å². The Hall–Kier alpha value is -2.09. The molecule has 0 aliphatic heterocycles. The van der Waals surface area contributed by atoms with E-state index in [4.69, 9.17) is 5.73 Å². The Morgan fingerprint density at radius 3 is 2.75 bits per heavy atom. The third-order valence-corrected chi connectivity index (χ3v) is 3.42. The Bertz CT molecular complexity index is 726. The van der Waals surface area contributed by atoms with Gasteiger partial charge < -0.3 is 15.6 Å². The van der Waals surface area contributed by atoms with Crippen molar-refractivity contribution in [3.63, 3.8) is 0 Å². The SMILES string of the molecule is CCC(C)n1c(=O)[nH]c(=O)c2c1nc(NCCN)n2C. The van der Waals surface area contributed by atoms with Crippen molar-refractivity contribution in [2.75, 3.05) is 18.4 Å².